The highest BCUT2D eigenvalue weighted by Crippen LogP contribution is 2.66. The molecule has 3 heterocycles. The van der Waals surface area contributed by atoms with Crippen LogP contribution in [0.2, 0.25) is 0 Å². The molecule has 2 aromatic heterocycles. The number of hydrogen-bond donors (Lipinski definition) is 8. The van der Waals surface area contributed by atoms with Crippen molar-refractivity contribution in [1.82, 2.24) is 19.5 Å². The molecule has 1 aliphatic rings. The summed E-state index contributed by atoms with van der Waals surface area (Å²) >= 11 is 0. The number of aliphatic hydroxyl groups is 2. The van der Waals surface area contributed by atoms with Crippen molar-refractivity contribution in [3.05, 3.63) is 29.3 Å². The fourth-order valence-corrected chi connectivity index (χ4v) is 6.05. The average molecular weight is 549 g/mol. The number of aromatic amines is 1. The van der Waals surface area contributed by atoms with Crippen molar-refractivity contribution in [2.45, 2.75) is 24.0 Å². The third-order valence-corrected chi connectivity index (χ3v) is 8.18. The zero-order valence-corrected chi connectivity index (χ0v) is 19.2. The fourth-order valence-electron chi connectivity index (χ4n) is 2.99. The molecular weight excluding hydrogens is 531 g/mol. The summed E-state index contributed by atoms with van der Waals surface area (Å²) < 4.78 is 52.5. The van der Waals surface area contributed by atoms with E-state index in [1.54, 1.807) is 0 Å². The van der Waals surface area contributed by atoms with Crippen LogP contribution in [0.1, 0.15) is 6.23 Å². The normalized spacial score (nSPS) is 29.1. The average Bonchev–Trinajstić information content (AvgIpc) is 3.18. The van der Waals surface area contributed by atoms with Gasteiger partial charge < -0.3 is 40.3 Å². The van der Waals surface area contributed by atoms with Gasteiger partial charge in [-0.1, -0.05) is 6.08 Å². The third kappa shape index (κ3) is 5.53. The van der Waals surface area contributed by atoms with E-state index in [9.17, 15) is 38.5 Å². The SMILES string of the molecule is C=C[C@]1(COP(=O)(O)OP(=O)(O)OP(=O)(O)O)O[C@@H](n2cnc3c(=O)[nH]c(N)nc32)[C@H](O)[C@@H]1O. The predicted octanol–water partition coefficient (Wildman–Crippen LogP) is -1.78. The Balaban J connectivity index is 1.84. The van der Waals surface area contributed by atoms with Crippen molar-refractivity contribution >= 4 is 40.6 Å². The summed E-state index contributed by atoms with van der Waals surface area (Å²) in [4.78, 5) is 57.8. The van der Waals surface area contributed by atoms with E-state index >= 15 is 0 Å². The zero-order chi connectivity index (χ0) is 25.7. The molecule has 1 aliphatic heterocycles. The summed E-state index contributed by atoms with van der Waals surface area (Å²) in [6.07, 6.45) is -3.30. The number of phosphoric ester groups is 1. The summed E-state index contributed by atoms with van der Waals surface area (Å²) in [6, 6.07) is 0. The van der Waals surface area contributed by atoms with E-state index in [0.29, 0.717) is 0 Å². The maximum Gasteiger partial charge on any atom is 0.490 e. The van der Waals surface area contributed by atoms with Crippen LogP contribution in [0, 0.1) is 0 Å². The van der Waals surface area contributed by atoms with Gasteiger partial charge in [0, 0.05) is 0 Å². The largest absolute Gasteiger partial charge is 0.490 e. The first-order valence-corrected chi connectivity index (χ1v) is 13.2. The second kappa shape index (κ2) is 9.00. The number of ether oxygens (including phenoxy) is 1. The van der Waals surface area contributed by atoms with E-state index in [0.717, 1.165) is 17.0 Å². The van der Waals surface area contributed by atoms with Gasteiger partial charge in [0.15, 0.2) is 17.4 Å². The summed E-state index contributed by atoms with van der Waals surface area (Å²) in [6.45, 7) is 2.25. The Morgan fingerprint density at radius 3 is 2.47 bits per heavy atom. The Bertz CT molecular complexity index is 1300. The van der Waals surface area contributed by atoms with Crippen molar-refractivity contribution < 1.29 is 61.4 Å². The van der Waals surface area contributed by atoms with Crippen LogP contribution in [0.3, 0.4) is 0 Å². The molecule has 6 atom stereocenters. The molecule has 0 bridgehead atoms. The van der Waals surface area contributed by atoms with Gasteiger partial charge in [0.25, 0.3) is 5.56 Å². The number of fused-ring (bicyclic) bond motifs is 1. The molecule has 0 radical (unpaired) electrons. The van der Waals surface area contributed by atoms with Gasteiger partial charge in [-0.2, -0.15) is 13.6 Å². The van der Waals surface area contributed by atoms with E-state index in [1.807, 2.05) is 0 Å². The second-order valence-corrected chi connectivity index (χ2v) is 11.2. The van der Waals surface area contributed by atoms with Gasteiger partial charge in [0.05, 0.1) is 12.9 Å². The van der Waals surface area contributed by atoms with Gasteiger partial charge in [-0.3, -0.25) is 18.9 Å². The second-order valence-electron chi connectivity index (χ2n) is 6.74. The van der Waals surface area contributed by atoms with Crippen LogP contribution in [-0.2, 0) is 31.6 Å². The van der Waals surface area contributed by atoms with Crippen LogP contribution >= 0.6 is 23.5 Å². The van der Waals surface area contributed by atoms with Crippen LogP contribution in [-0.4, -0.2) is 73.7 Å². The van der Waals surface area contributed by atoms with E-state index < -0.39 is 59.7 Å². The molecule has 0 aliphatic carbocycles. The van der Waals surface area contributed by atoms with Crippen molar-refractivity contribution in [3.63, 3.8) is 0 Å². The minimum absolute atomic E-state index is 0.148. The van der Waals surface area contributed by atoms with Crippen LogP contribution in [0.15, 0.2) is 23.8 Å². The topological polar surface area (TPSA) is 299 Å². The van der Waals surface area contributed by atoms with Gasteiger partial charge in [-0.25, -0.2) is 18.7 Å². The first kappa shape index (κ1) is 26.8. The molecular formula is C12H18N5O14P3. The van der Waals surface area contributed by atoms with Crippen LogP contribution in [0.25, 0.3) is 11.2 Å². The molecule has 9 N–H and O–H groups in total. The van der Waals surface area contributed by atoms with Crippen molar-refractivity contribution in [1.29, 1.82) is 0 Å². The lowest BCUT2D eigenvalue weighted by Crippen LogP contribution is -2.45. The lowest BCUT2D eigenvalue weighted by Gasteiger charge is -2.28. The molecule has 22 heteroatoms. The molecule has 0 saturated carbocycles. The van der Waals surface area contributed by atoms with E-state index in [4.69, 9.17) is 20.3 Å². The molecule has 190 valence electrons. The lowest BCUT2D eigenvalue weighted by molar-refractivity contribution is -0.0952. The Kier molecular flexibility index (Phi) is 7.09. The molecule has 0 aromatic carbocycles. The fraction of sp³-hybridized carbons (Fsp3) is 0.417. The Morgan fingerprint density at radius 2 is 1.88 bits per heavy atom. The Hall–Kier alpha value is -1.82. The van der Waals surface area contributed by atoms with Crippen molar-refractivity contribution in [2.75, 3.05) is 12.3 Å². The lowest BCUT2D eigenvalue weighted by atomic mass is 9.96. The number of anilines is 1. The number of nitrogens with zero attached hydrogens (tertiary/aromatic N) is 3. The smallest absolute Gasteiger partial charge is 0.387 e. The Labute approximate surface area is 187 Å². The van der Waals surface area contributed by atoms with Crippen LogP contribution < -0.4 is 11.3 Å². The van der Waals surface area contributed by atoms with Gasteiger partial charge in [-0.15, -0.1) is 6.58 Å². The molecule has 1 fully saturated rings. The number of rotatable bonds is 9. The number of nitrogen functional groups attached to an aromatic ring is 1. The number of nitrogens with one attached hydrogen (secondary N) is 1. The number of H-pyrrole nitrogens is 1. The van der Waals surface area contributed by atoms with Crippen molar-refractivity contribution in [2.24, 2.45) is 0 Å². The van der Waals surface area contributed by atoms with Gasteiger partial charge in [0.1, 0.15) is 17.8 Å². The Morgan fingerprint density at radius 1 is 1.24 bits per heavy atom. The van der Waals surface area contributed by atoms with Gasteiger partial charge in [-0.05, 0) is 0 Å². The number of phosphoric acid groups is 3. The standard InChI is InChI=1S/C12H18N5O14P3/c1-2-12(3-28-33(24,25)31-34(26,27)30-32(21,22)23)7(19)6(18)10(29-12)17-4-14-5-8(17)15-11(13)16-9(5)20/h2,4,6-7,10,18-19H,1,3H2,(H,24,25)(H,26,27)(H2,21,22,23)(H3,13,15,16,20)/t6-,7+,10-,12-/m1/s1. The monoisotopic (exact) mass is 549 g/mol. The minimum Gasteiger partial charge on any atom is -0.387 e. The van der Waals surface area contributed by atoms with E-state index in [2.05, 4.69) is 34.7 Å². The number of aliphatic hydroxyl groups excluding tert-OH is 2. The molecule has 0 spiro atoms. The number of aromatic nitrogens is 4. The highest BCUT2D eigenvalue weighted by Gasteiger charge is 2.55. The zero-order valence-electron chi connectivity index (χ0n) is 16.5. The minimum atomic E-state index is -5.79. The van der Waals surface area contributed by atoms with E-state index in [1.165, 1.54) is 0 Å². The first-order valence-electron chi connectivity index (χ1n) is 8.67. The highest BCUT2D eigenvalue weighted by molar-refractivity contribution is 7.66. The highest BCUT2D eigenvalue weighted by atomic mass is 31.3. The molecule has 2 unspecified atom stereocenters. The van der Waals surface area contributed by atoms with Gasteiger partial charge >= 0.3 is 23.5 Å². The quantitative estimate of drug-likeness (QED) is 0.127. The molecule has 1 saturated heterocycles. The maximum atomic E-state index is 12.0. The summed E-state index contributed by atoms with van der Waals surface area (Å²) in [5.74, 6) is -0.296. The summed E-state index contributed by atoms with van der Waals surface area (Å²) in [7, 11) is -17.0. The number of hydrogen-bond acceptors (Lipinski definition) is 13. The molecule has 19 nitrogen and oxygen atoms in total. The first-order chi connectivity index (χ1) is 15.5. The molecule has 3 rings (SSSR count). The molecule has 2 aromatic rings. The predicted molar refractivity (Wildman–Crippen MR) is 107 cm³/mol. The molecule has 0 amide bonds. The van der Waals surface area contributed by atoms with Crippen molar-refractivity contribution in [3.8, 4) is 0 Å². The number of imidazole rings is 1. The van der Waals surface area contributed by atoms with E-state index in [-0.39, 0.29) is 17.1 Å². The van der Waals surface area contributed by atoms with Crippen LogP contribution in [0.4, 0.5) is 5.95 Å². The third-order valence-electron chi connectivity index (χ3n) is 4.40. The van der Waals surface area contributed by atoms with Gasteiger partial charge in [0.2, 0.25) is 5.95 Å². The number of nitrogens with two attached hydrogens (primary N) is 1. The summed E-state index contributed by atoms with van der Waals surface area (Å²) in [5.41, 5.74) is 2.30. The summed E-state index contributed by atoms with van der Waals surface area (Å²) in [5, 5.41) is 21.0. The van der Waals surface area contributed by atoms with Crippen LogP contribution in [0.5, 0.6) is 0 Å². The molecule has 34 heavy (non-hydrogen) atoms. The maximum absolute atomic E-state index is 12.0.